The van der Waals surface area contributed by atoms with Gasteiger partial charge < -0.3 is 24.5 Å². The molecule has 4 aliphatic heterocycles. The fraction of sp³-hybridized carbons (Fsp3) is 0.957. The minimum absolute atomic E-state index is 0.155. The summed E-state index contributed by atoms with van der Waals surface area (Å²) in [6.45, 7) is 46.1. The van der Waals surface area contributed by atoms with E-state index in [0.717, 1.165) is 62.7 Å². The van der Waals surface area contributed by atoms with E-state index >= 15 is 0 Å². The molecule has 0 spiro atoms. The van der Waals surface area contributed by atoms with Crippen molar-refractivity contribution in [2.45, 2.75) is 168 Å². The van der Waals surface area contributed by atoms with Crippen molar-refractivity contribution < 1.29 is 9.59 Å². The Morgan fingerprint density at radius 3 is 1.04 bits per heavy atom. The molecular formula is C47H95N5O2. The maximum atomic E-state index is 11.7. The number of carbonyl (C=O) groups is 2. The summed E-state index contributed by atoms with van der Waals surface area (Å²) in [6.07, 6.45) is 12.2. The van der Waals surface area contributed by atoms with E-state index in [1.165, 1.54) is 84.2 Å². The number of likely N-dealkylation sites (tertiary alicyclic amines) is 4. The van der Waals surface area contributed by atoms with Crippen LogP contribution in [0, 0.1) is 45.3 Å². The lowest BCUT2D eigenvalue weighted by Crippen LogP contribution is -2.45. The van der Waals surface area contributed by atoms with Gasteiger partial charge in [-0.3, -0.25) is 4.79 Å². The van der Waals surface area contributed by atoms with Crippen LogP contribution in [-0.4, -0.2) is 116 Å². The molecular weight excluding hydrogens is 667 g/mol. The Morgan fingerprint density at radius 1 is 0.481 bits per heavy atom. The molecule has 3 amide bonds. The molecule has 7 nitrogen and oxygen atoms in total. The van der Waals surface area contributed by atoms with Crippen LogP contribution in [0.4, 0.5) is 4.79 Å². The summed E-state index contributed by atoms with van der Waals surface area (Å²) >= 11 is 0. The molecule has 0 saturated carbocycles. The van der Waals surface area contributed by atoms with Crippen molar-refractivity contribution in [1.29, 1.82) is 0 Å². The van der Waals surface area contributed by atoms with Gasteiger partial charge in [-0.25, -0.2) is 4.79 Å². The van der Waals surface area contributed by atoms with E-state index in [0.29, 0.717) is 34.0 Å². The summed E-state index contributed by atoms with van der Waals surface area (Å²) in [5, 5.41) is 0. The molecule has 7 heteroatoms. The number of urea groups is 1. The molecule has 0 unspecified atom stereocenters. The van der Waals surface area contributed by atoms with Crippen molar-refractivity contribution in [2.75, 3.05) is 79.5 Å². The fourth-order valence-electron chi connectivity index (χ4n) is 8.89. The summed E-state index contributed by atoms with van der Waals surface area (Å²) < 4.78 is 0. The molecule has 0 aromatic rings. The molecule has 0 aromatic heterocycles. The number of rotatable bonds is 4. The van der Waals surface area contributed by atoms with Gasteiger partial charge in [-0.15, -0.1) is 0 Å². The SMILES string of the molecule is CCC(=O)N1CCC(C(C)(C)C)CC1.CCCN1CCC(C(C)(C)C)CC1.CCN1CCC(C(C)(C)C)CC1.CN(C)C(=O)N1CCC(C(C)(C)C)CC1. The summed E-state index contributed by atoms with van der Waals surface area (Å²) in [5.41, 5.74) is 1.84. The quantitative estimate of drug-likeness (QED) is 0.286. The monoisotopic (exact) mass is 762 g/mol. The first-order valence-corrected chi connectivity index (χ1v) is 22.5. The third-order valence-corrected chi connectivity index (χ3v) is 13.4. The molecule has 4 saturated heterocycles. The van der Waals surface area contributed by atoms with Gasteiger partial charge in [0.25, 0.3) is 0 Å². The van der Waals surface area contributed by atoms with Crippen molar-refractivity contribution in [1.82, 2.24) is 24.5 Å². The normalized spacial score (nSPS) is 20.9. The largest absolute Gasteiger partial charge is 0.343 e. The van der Waals surface area contributed by atoms with E-state index in [-0.39, 0.29) is 6.03 Å². The van der Waals surface area contributed by atoms with Gasteiger partial charge in [0.05, 0.1) is 0 Å². The van der Waals surface area contributed by atoms with Crippen molar-refractivity contribution in [3.8, 4) is 0 Å². The van der Waals surface area contributed by atoms with Crippen LogP contribution in [0.25, 0.3) is 0 Å². The third kappa shape index (κ3) is 18.7. The summed E-state index contributed by atoms with van der Waals surface area (Å²) in [5.74, 6) is 3.74. The summed E-state index contributed by atoms with van der Waals surface area (Å²) in [6, 6.07) is 0.155. The van der Waals surface area contributed by atoms with Crippen LogP contribution < -0.4 is 0 Å². The smallest absolute Gasteiger partial charge is 0.319 e. The van der Waals surface area contributed by atoms with E-state index in [1.54, 1.807) is 4.90 Å². The Balaban J connectivity index is 0.000000361. The fourth-order valence-corrected chi connectivity index (χ4v) is 8.89. The van der Waals surface area contributed by atoms with E-state index in [2.05, 4.69) is 107 Å². The second-order valence-electron chi connectivity index (χ2n) is 21.7. The lowest BCUT2D eigenvalue weighted by atomic mass is 9.75. The van der Waals surface area contributed by atoms with Crippen LogP contribution in [-0.2, 0) is 4.79 Å². The van der Waals surface area contributed by atoms with Crippen LogP contribution >= 0.6 is 0 Å². The Bertz CT molecular complexity index is 1010. The van der Waals surface area contributed by atoms with E-state index in [9.17, 15) is 9.59 Å². The maximum Gasteiger partial charge on any atom is 0.319 e. The van der Waals surface area contributed by atoms with Gasteiger partial charge in [-0.2, -0.15) is 0 Å². The van der Waals surface area contributed by atoms with Crippen LogP contribution in [0.2, 0.25) is 0 Å². The zero-order chi connectivity index (χ0) is 41.5. The first-order chi connectivity index (χ1) is 24.8. The lowest BCUT2D eigenvalue weighted by Gasteiger charge is -2.39. The lowest BCUT2D eigenvalue weighted by molar-refractivity contribution is -0.132. The van der Waals surface area contributed by atoms with E-state index in [1.807, 2.05) is 30.8 Å². The van der Waals surface area contributed by atoms with Gasteiger partial charge >= 0.3 is 6.03 Å². The number of hydrogen-bond acceptors (Lipinski definition) is 4. The Labute approximate surface area is 338 Å². The molecule has 0 aliphatic carbocycles. The molecule has 0 N–H and O–H groups in total. The molecule has 54 heavy (non-hydrogen) atoms. The number of carbonyl (C=O) groups excluding carboxylic acids is 2. The van der Waals surface area contributed by atoms with Gasteiger partial charge in [0, 0.05) is 46.7 Å². The predicted molar refractivity (Wildman–Crippen MR) is 235 cm³/mol. The molecule has 0 bridgehead atoms. The van der Waals surface area contributed by atoms with Crippen molar-refractivity contribution >= 4 is 11.9 Å². The second-order valence-corrected chi connectivity index (χ2v) is 21.7. The zero-order valence-corrected chi connectivity index (χ0v) is 39.5. The molecule has 0 atom stereocenters. The van der Waals surface area contributed by atoms with Crippen molar-refractivity contribution in [3.63, 3.8) is 0 Å². The Hall–Kier alpha value is -1.34. The molecule has 0 radical (unpaired) electrons. The third-order valence-electron chi connectivity index (χ3n) is 13.4. The van der Waals surface area contributed by atoms with Crippen molar-refractivity contribution in [2.24, 2.45) is 45.3 Å². The molecule has 4 aliphatic rings. The zero-order valence-electron chi connectivity index (χ0n) is 39.5. The van der Waals surface area contributed by atoms with E-state index < -0.39 is 0 Å². The van der Waals surface area contributed by atoms with Gasteiger partial charge in [-0.1, -0.05) is 104 Å². The Morgan fingerprint density at radius 2 is 0.778 bits per heavy atom. The second kappa shape index (κ2) is 23.2. The number of piperidine rings is 4. The number of hydrogen-bond donors (Lipinski definition) is 0. The predicted octanol–water partition coefficient (Wildman–Crippen LogP) is 11.0. The van der Waals surface area contributed by atoms with Crippen LogP contribution in [0.3, 0.4) is 0 Å². The van der Waals surface area contributed by atoms with Gasteiger partial charge in [0.2, 0.25) is 5.91 Å². The first-order valence-electron chi connectivity index (χ1n) is 22.5. The highest BCUT2D eigenvalue weighted by atomic mass is 16.2. The van der Waals surface area contributed by atoms with Crippen LogP contribution in [0.15, 0.2) is 0 Å². The average Bonchev–Trinajstić information content (AvgIpc) is 3.11. The molecule has 4 rings (SSSR count). The van der Waals surface area contributed by atoms with Crippen LogP contribution in [0.5, 0.6) is 0 Å². The van der Waals surface area contributed by atoms with Gasteiger partial charge in [0.15, 0.2) is 0 Å². The van der Waals surface area contributed by atoms with Crippen LogP contribution in [0.1, 0.15) is 168 Å². The van der Waals surface area contributed by atoms with E-state index in [4.69, 9.17) is 0 Å². The number of nitrogens with zero attached hydrogens (tertiary/aromatic N) is 5. The molecule has 4 fully saturated rings. The topological polar surface area (TPSA) is 50.3 Å². The molecule has 4 heterocycles. The molecule has 320 valence electrons. The average molecular weight is 762 g/mol. The highest BCUT2D eigenvalue weighted by molar-refractivity contribution is 5.75. The van der Waals surface area contributed by atoms with Crippen molar-refractivity contribution in [3.05, 3.63) is 0 Å². The minimum Gasteiger partial charge on any atom is -0.343 e. The van der Waals surface area contributed by atoms with Gasteiger partial charge in [-0.05, 0) is 142 Å². The highest BCUT2D eigenvalue weighted by Crippen LogP contribution is 2.37. The highest BCUT2D eigenvalue weighted by Gasteiger charge is 2.32. The minimum atomic E-state index is 0.155. The molecule has 0 aromatic carbocycles. The standard InChI is InChI=1S/C12H24N2O.C12H23NO.C12H25N.C11H23N/c1-12(2,3)10-6-8-14(9-7-10)11(15)13(4)5;1-5-11(14)13-8-6-10(7-9-13)12(2,3)4;1-5-8-13-9-6-11(7-10-13)12(2,3)4;1-5-12-8-6-10(7-9-12)11(2,3)4/h10H,6-9H2,1-5H3;10H,5-9H2,1-4H3;11H,5-10H2,1-4H3;10H,5-9H2,1-4H3. The summed E-state index contributed by atoms with van der Waals surface area (Å²) in [4.78, 5) is 34.0. The summed E-state index contributed by atoms with van der Waals surface area (Å²) in [7, 11) is 3.64. The first kappa shape index (κ1) is 50.7. The Kier molecular flexibility index (Phi) is 21.7. The van der Waals surface area contributed by atoms with Gasteiger partial charge in [0.1, 0.15) is 0 Å². The number of amides is 3. The maximum absolute atomic E-state index is 11.7.